The number of hydrogen-bond donors (Lipinski definition) is 1. The first kappa shape index (κ1) is 16.9. The molecule has 0 bridgehead atoms. The molecule has 0 heterocycles. The van der Waals surface area contributed by atoms with E-state index in [0.717, 1.165) is 23.9 Å². The number of nitrogens with one attached hydrogen (secondary N) is 1. The lowest BCUT2D eigenvalue weighted by Crippen LogP contribution is -3.00. The fourth-order valence-electron chi connectivity index (χ4n) is 1.18. The zero-order valence-electron chi connectivity index (χ0n) is 10.2. The van der Waals surface area contributed by atoms with Crippen molar-refractivity contribution in [1.82, 2.24) is 5.32 Å². The molecule has 0 spiro atoms. The Bertz CT molecular complexity index is 199. The molecular formula is C11H23ClN2O. The number of rotatable bonds is 6. The van der Waals surface area contributed by atoms with Crippen molar-refractivity contribution in [3.8, 4) is 0 Å². The van der Waals surface area contributed by atoms with Crippen LogP contribution in [0.2, 0.25) is 0 Å². The molecule has 1 unspecified atom stereocenters. The Morgan fingerprint density at radius 3 is 2.33 bits per heavy atom. The summed E-state index contributed by atoms with van der Waals surface area (Å²) in [6.45, 7) is 6.59. The summed E-state index contributed by atoms with van der Waals surface area (Å²) in [5.41, 5.74) is 0. The second-order valence-electron chi connectivity index (χ2n) is 4.62. The standard InChI is InChI=1S/C11H22N2O.ClH/c1-6-10(12-11(14)7-2)8-9-13(3,4)5;/h7,10H,2,6,8-9H2,1,3-5H3;1H. The molecule has 15 heavy (non-hydrogen) atoms. The van der Waals surface area contributed by atoms with Crippen molar-refractivity contribution >= 4 is 5.91 Å². The molecule has 0 aliphatic rings. The van der Waals surface area contributed by atoms with Crippen LogP contribution in [0.15, 0.2) is 12.7 Å². The Labute approximate surface area is 99.5 Å². The van der Waals surface area contributed by atoms with Gasteiger partial charge >= 0.3 is 0 Å². The predicted octanol–water partition coefficient (Wildman–Crippen LogP) is -1.83. The quantitative estimate of drug-likeness (QED) is 0.425. The maximum absolute atomic E-state index is 11.1. The van der Waals surface area contributed by atoms with Crippen LogP contribution in [0.4, 0.5) is 0 Å². The number of carbonyl (C=O) groups is 1. The molecule has 0 aromatic rings. The first-order valence-corrected chi connectivity index (χ1v) is 5.12. The second-order valence-corrected chi connectivity index (χ2v) is 4.62. The van der Waals surface area contributed by atoms with Gasteiger partial charge in [0.15, 0.2) is 0 Å². The molecule has 1 N–H and O–H groups in total. The summed E-state index contributed by atoms with van der Waals surface area (Å²) in [6, 6.07) is 0.276. The Morgan fingerprint density at radius 1 is 1.47 bits per heavy atom. The summed E-state index contributed by atoms with van der Waals surface area (Å²) in [5.74, 6) is -0.0711. The molecule has 0 saturated carbocycles. The molecule has 0 aromatic heterocycles. The van der Waals surface area contributed by atoms with Gasteiger partial charge in [0.05, 0.1) is 27.7 Å². The van der Waals surface area contributed by atoms with Crippen LogP contribution in [0, 0.1) is 0 Å². The van der Waals surface area contributed by atoms with Crippen molar-refractivity contribution in [2.45, 2.75) is 25.8 Å². The lowest BCUT2D eigenvalue weighted by Gasteiger charge is -2.26. The van der Waals surface area contributed by atoms with Crippen molar-refractivity contribution in [1.29, 1.82) is 0 Å². The summed E-state index contributed by atoms with van der Waals surface area (Å²) in [5, 5.41) is 2.92. The summed E-state index contributed by atoms with van der Waals surface area (Å²) in [7, 11) is 6.46. The Hall–Kier alpha value is -0.540. The average molecular weight is 235 g/mol. The predicted molar refractivity (Wildman–Crippen MR) is 59.9 cm³/mol. The molecule has 0 aliphatic heterocycles. The number of amides is 1. The van der Waals surface area contributed by atoms with Gasteiger partial charge in [0.1, 0.15) is 0 Å². The Morgan fingerprint density at radius 2 is 2.00 bits per heavy atom. The van der Waals surface area contributed by atoms with E-state index in [9.17, 15) is 4.79 Å². The first-order valence-electron chi connectivity index (χ1n) is 5.12. The van der Waals surface area contributed by atoms with Gasteiger partial charge in [-0.1, -0.05) is 13.5 Å². The lowest BCUT2D eigenvalue weighted by atomic mass is 10.1. The SMILES string of the molecule is C=CC(=O)NC(CC)CC[N+](C)(C)C.[Cl-]. The van der Waals surface area contributed by atoms with E-state index < -0.39 is 0 Å². The molecule has 1 amide bonds. The molecule has 4 heteroatoms. The third-order valence-corrected chi connectivity index (χ3v) is 2.17. The molecule has 1 atom stereocenters. The summed E-state index contributed by atoms with van der Waals surface area (Å²) in [4.78, 5) is 11.1. The number of nitrogens with zero attached hydrogens (tertiary/aromatic N) is 1. The molecular weight excluding hydrogens is 212 g/mol. The average Bonchev–Trinajstić information content (AvgIpc) is 2.10. The van der Waals surface area contributed by atoms with E-state index in [4.69, 9.17) is 0 Å². The van der Waals surface area contributed by atoms with Gasteiger partial charge in [0.25, 0.3) is 0 Å². The topological polar surface area (TPSA) is 29.1 Å². The van der Waals surface area contributed by atoms with Crippen LogP contribution in [0.1, 0.15) is 19.8 Å². The van der Waals surface area contributed by atoms with Crippen LogP contribution in [-0.4, -0.2) is 44.1 Å². The molecule has 3 nitrogen and oxygen atoms in total. The van der Waals surface area contributed by atoms with Crippen molar-refractivity contribution in [3.05, 3.63) is 12.7 Å². The maximum atomic E-state index is 11.1. The van der Waals surface area contributed by atoms with E-state index in [2.05, 4.69) is 40.0 Å². The minimum Gasteiger partial charge on any atom is -1.00 e. The summed E-state index contributed by atoms with van der Waals surface area (Å²) < 4.78 is 0.931. The van der Waals surface area contributed by atoms with Crippen molar-refractivity contribution in [2.75, 3.05) is 27.7 Å². The highest BCUT2D eigenvalue weighted by molar-refractivity contribution is 5.87. The smallest absolute Gasteiger partial charge is 0.243 e. The van der Waals surface area contributed by atoms with Gasteiger partial charge in [-0.15, -0.1) is 0 Å². The number of quaternary nitrogens is 1. The largest absolute Gasteiger partial charge is 1.00 e. The monoisotopic (exact) mass is 234 g/mol. The Balaban J connectivity index is 0. The highest BCUT2D eigenvalue weighted by atomic mass is 35.5. The number of halogens is 1. The van der Waals surface area contributed by atoms with Crippen molar-refractivity contribution < 1.29 is 21.7 Å². The summed E-state index contributed by atoms with van der Waals surface area (Å²) >= 11 is 0. The summed E-state index contributed by atoms with van der Waals surface area (Å²) in [6.07, 6.45) is 3.31. The molecule has 0 radical (unpaired) electrons. The zero-order chi connectivity index (χ0) is 11.2. The second kappa shape index (κ2) is 7.71. The van der Waals surface area contributed by atoms with E-state index >= 15 is 0 Å². The third-order valence-electron chi connectivity index (χ3n) is 2.17. The first-order chi connectivity index (χ1) is 6.39. The number of hydrogen-bond acceptors (Lipinski definition) is 1. The van der Waals surface area contributed by atoms with Crippen LogP contribution < -0.4 is 17.7 Å². The maximum Gasteiger partial charge on any atom is 0.243 e. The highest BCUT2D eigenvalue weighted by Gasteiger charge is 2.13. The van der Waals surface area contributed by atoms with Crippen LogP contribution >= 0.6 is 0 Å². The zero-order valence-corrected chi connectivity index (χ0v) is 11.0. The van der Waals surface area contributed by atoms with Gasteiger partial charge in [-0.25, -0.2) is 0 Å². The fourth-order valence-corrected chi connectivity index (χ4v) is 1.18. The van der Waals surface area contributed by atoms with Crippen molar-refractivity contribution in [2.24, 2.45) is 0 Å². The van der Waals surface area contributed by atoms with E-state index in [1.165, 1.54) is 6.08 Å². The number of carbonyl (C=O) groups excluding carboxylic acids is 1. The van der Waals surface area contributed by atoms with Crippen LogP contribution in [-0.2, 0) is 4.79 Å². The lowest BCUT2D eigenvalue weighted by molar-refractivity contribution is -0.870. The fraction of sp³-hybridized carbons (Fsp3) is 0.727. The normalized spacial score (nSPS) is 12.5. The van der Waals surface area contributed by atoms with E-state index in [1.807, 2.05) is 0 Å². The highest BCUT2D eigenvalue weighted by Crippen LogP contribution is 2.02. The van der Waals surface area contributed by atoms with Gasteiger partial charge in [0, 0.05) is 12.5 Å². The molecule has 0 aromatic carbocycles. The minimum absolute atomic E-state index is 0. The van der Waals surface area contributed by atoms with Crippen LogP contribution in [0.3, 0.4) is 0 Å². The molecule has 0 saturated heterocycles. The van der Waals surface area contributed by atoms with E-state index in [0.29, 0.717) is 0 Å². The minimum atomic E-state index is -0.0711. The van der Waals surface area contributed by atoms with Crippen LogP contribution in [0.5, 0.6) is 0 Å². The third kappa shape index (κ3) is 9.76. The van der Waals surface area contributed by atoms with Gasteiger partial charge in [-0.05, 0) is 12.5 Å². The van der Waals surface area contributed by atoms with Crippen molar-refractivity contribution in [3.63, 3.8) is 0 Å². The van der Waals surface area contributed by atoms with Gasteiger partial charge < -0.3 is 22.2 Å². The molecule has 0 rings (SSSR count). The molecule has 0 aliphatic carbocycles. The van der Waals surface area contributed by atoms with Gasteiger partial charge in [-0.2, -0.15) is 0 Å². The van der Waals surface area contributed by atoms with Crippen LogP contribution in [0.25, 0.3) is 0 Å². The molecule has 90 valence electrons. The van der Waals surface area contributed by atoms with E-state index in [-0.39, 0.29) is 24.4 Å². The molecule has 0 fully saturated rings. The van der Waals surface area contributed by atoms with Gasteiger partial charge in [-0.3, -0.25) is 4.79 Å². The van der Waals surface area contributed by atoms with Gasteiger partial charge in [0.2, 0.25) is 5.91 Å². The Kier molecular flexibility index (Phi) is 8.68. The van der Waals surface area contributed by atoms with E-state index in [1.54, 1.807) is 0 Å².